The van der Waals surface area contributed by atoms with Crippen LogP contribution in [0.4, 0.5) is 0 Å². The topological polar surface area (TPSA) is 135 Å². The third-order valence-corrected chi connectivity index (χ3v) is 11.3. The van der Waals surface area contributed by atoms with Gasteiger partial charge in [-0.15, -0.1) is 0 Å². The van der Waals surface area contributed by atoms with Gasteiger partial charge in [-0.2, -0.15) is 0 Å². The van der Waals surface area contributed by atoms with E-state index in [0.717, 1.165) is 96.3 Å². The van der Waals surface area contributed by atoms with Crippen LogP contribution in [0.5, 0.6) is 0 Å². The molecule has 0 bridgehead atoms. The van der Waals surface area contributed by atoms with Gasteiger partial charge in [-0.05, 0) is 89.9 Å². The van der Waals surface area contributed by atoms with E-state index in [4.69, 9.17) is 18.9 Å². The van der Waals surface area contributed by atoms with E-state index in [1.165, 1.54) is 77.0 Å². The van der Waals surface area contributed by atoms with E-state index in [9.17, 15) is 25.2 Å². The summed E-state index contributed by atoms with van der Waals surface area (Å²) in [4.78, 5) is 12.8. The highest BCUT2D eigenvalue weighted by atomic mass is 16.7. The van der Waals surface area contributed by atoms with Crippen LogP contribution in [0.15, 0.2) is 85.1 Å². The van der Waals surface area contributed by atoms with Gasteiger partial charge in [-0.25, -0.2) is 0 Å². The molecule has 9 heteroatoms. The zero-order valence-corrected chi connectivity index (χ0v) is 40.5. The van der Waals surface area contributed by atoms with Crippen LogP contribution < -0.4 is 0 Å². The number of aliphatic hydroxyl groups is 4. The number of ether oxygens (including phenoxy) is 4. The van der Waals surface area contributed by atoms with Crippen LogP contribution in [0.3, 0.4) is 0 Å². The summed E-state index contributed by atoms with van der Waals surface area (Å²) in [6.45, 7) is 4.38. The highest BCUT2D eigenvalue weighted by molar-refractivity contribution is 5.69. The fraction of sp³-hybridized carbons (Fsp3) is 0.727. The summed E-state index contributed by atoms with van der Waals surface area (Å²) in [6, 6.07) is 0. The minimum atomic E-state index is -1.55. The number of hydrogen-bond acceptors (Lipinski definition) is 9. The molecule has 6 atom stereocenters. The Hall–Kier alpha value is -2.63. The molecule has 9 nitrogen and oxygen atoms in total. The van der Waals surface area contributed by atoms with Gasteiger partial charge in [0.05, 0.1) is 19.8 Å². The minimum absolute atomic E-state index is 0.126. The largest absolute Gasteiger partial charge is 0.457 e. The molecule has 0 spiro atoms. The summed E-state index contributed by atoms with van der Waals surface area (Å²) in [7, 11) is 0. The second-order valence-electron chi connectivity index (χ2n) is 17.2. The van der Waals surface area contributed by atoms with Gasteiger partial charge in [0, 0.05) is 13.0 Å². The normalized spacial score (nSPS) is 20.2. The lowest BCUT2D eigenvalue weighted by Gasteiger charge is -2.39. The van der Waals surface area contributed by atoms with Crippen LogP contribution in [-0.2, 0) is 23.7 Å². The van der Waals surface area contributed by atoms with Gasteiger partial charge in [-0.3, -0.25) is 4.79 Å². The molecule has 0 aromatic heterocycles. The van der Waals surface area contributed by atoms with Crippen molar-refractivity contribution in [2.75, 3.05) is 26.4 Å². The summed E-state index contributed by atoms with van der Waals surface area (Å²) in [5.41, 5.74) is 0. The van der Waals surface area contributed by atoms with Crippen LogP contribution in [0.25, 0.3) is 0 Å². The zero-order valence-electron chi connectivity index (χ0n) is 40.5. The molecule has 1 aliphatic rings. The first-order chi connectivity index (χ1) is 31.4. The second kappa shape index (κ2) is 45.5. The average Bonchev–Trinajstić information content (AvgIpc) is 3.30. The summed E-state index contributed by atoms with van der Waals surface area (Å²) < 4.78 is 22.9. The third kappa shape index (κ3) is 35.6. The van der Waals surface area contributed by atoms with Crippen LogP contribution in [0.2, 0.25) is 0 Å². The Labute approximate surface area is 390 Å². The molecule has 0 radical (unpaired) electrons. The van der Waals surface area contributed by atoms with Gasteiger partial charge in [0.1, 0.15) is 30.5 Å². The number of aliphatic hydroxyl groups excluding tert-OH is 4. The number of rotatable bonds is 43. The number of carbonyl (C=O) groups excluding carboxylic acids is 1. The van der Waals surface area contributed by atoms with Crippen LogP contribution >= 0.6 is 0 Å². The zero-order chi connectivity index (χ0) is 46.4. The van der Waals surface area contributed by atoms with Crippen molar-refractivity contribution in [2.24, 2.45) is 0 Å². The summed E-state index contributed by atoms with van der Waals surface area (Å²) in [5.74, 6) is -0.328. The number of unbranched alkanes of at least 4 members (excludes halogenated alkanes) is 18. The number of hydrogen-bond donors (Lipinski definition) is 4. The molecule has 0 aliphatic carbocycles. The molecule has 0 saturated carbocycles. The molecule has 6 unspecified atom stereocenters. The van der Waals surface area contributed by atoms with E-state index >= 15 is 0 Å². The first-order valence-electron chi connectivity index (χ1n) is 25.7. The standard InChI is InChI=1S/C55H94O9/c1-3-5-7-9-11-13-15-17-19-21-23-25-26-28-30-32-34-36-38-40-42-44-51(57)63-49(48-62-55-54(60)53(59)52(58)50(46-56)64-55)47-61-45-43-41-39-37-35-33-31-29-27-24-22-20-18-16-14-12-10-8-6-4-2/h5,7,11-14,17-20,23-25,27,49-50,52-56,58-60H,3-4,6,8-10,15-16,21-22,26,28-48H2,1-2H3/b7-5-,13-11-,14-12-,19-17-,20-18-,25-23-,27-24-. The molecule has 1 saturated heterocycles. The molecule has 64 heavy (non-hydrogen) atoms. The van der Waals surface area contributed by atoms with E-state index in [1.807, 2.05) is 0 Å². The van der Waals surface area contributed by atoms with Crippen molar-refractivity contribution in [1.82, 2.24) is 0 Å². The van der Waals surface area contributed by atoms with Gasteiger partial charge in [0.15, 0.2) is 6.29 Å². The minimum Gasteiger partial charge on any atom is -0.457 e. The summed E-state index contributed by atoms with van der Waals surface area (Å²) >= 11 is 0. The van der Waals surface area contributed by atoms with Gasteiger partial charge >= 0.3 is 5.97 Å². The summed E-state index contributed by atoms with van der Waals surface area (Å²) in [6.07, 6.45) is 54.6. The Kier molecular flexibility index (Phi) is 42.2. The summed E-state index contributed by atoms with van der Waals surface area (Å²) in [5, 5.41) is 40.3. The maximum Gasteiger partial charge on any atom is 0.306 e. The van der Waals surface area contributed by atoms with Crippen LogP contribution in [0.1, 0.15) is 194 Å². The molecule has 0 amide bonds. The maximum absolute atomic E-state index is 12.8. The van der Waals surface area contributed by atoms with E-state index in [-0.39, 0.29) is 19.2 Å². The van der Waals surface area contributed by atoms with Crippen molar-refractivity contribution < 1.29 is 44.2 Å². The molecular formula is C55H94O9. The molecule has 0 aromatic carbocycles. The Bertz CT molecular complexity index is 1250. The lowest BCUT2D eigenvalue weighted by Crippen LogP contribution is -2.59. The maximum atomic E-state index is 12.8. The van der Waals surface area contributed by atoms with E-state index in [0.29, 0.717) is 13.0 Å². The molecule has 1 rings (SSSR count). The number of carbonyl (C=O) groups is 1. The van der Waals surface area contributed by atoms with Crippen LogP contribution in [0, 0.1) is 0 Å². The van der Waals surface area contributed by atoms with Crippen molar-refractivity contribution in [3.05, 3.63) is 85.1 Å². The number of allylic oxidation sites excluding steroid dienone is 14. The average molecular weight is 899 g/mol. The fourth-order valence-corrected chi connectivity index (χ4v) is 7.31. The first kappa shape index (κ1) is 59.4. The van der Waals surface area contributed by atoms with Crippen molar-refractivity contribution >= 4 is 5.97 Å². The Balaban J connectivity index is 2.23. The van der Waals surface area contributed by atoms with Crippen LogP contribution in [-0.4, -0.2) is 89.6 Å². The molecule has 368 valence electrons. The van der Waals surface area contributed by atoms with Gasteiger partial charge in [0.25, 0.3) is 0 Å². The van der Waals surface area contributed by atoms with Crippen molar-refractivity contribution in [3.8, 4) is 0 Å². The van der Waals surface area contributed by atoms with Gasteiger partial charge in [0.2, 0.25) is 0 Å². The van der Waals surface area contributed by atoms with E-state index < -0.39 is 43.4 Å². The van der Waals surface area contributed by atoms with Crippen molar-refractivity contribution in [3.63, 3.8) is 0 Å². The smallest absolute Gasteiger partial charge is 0.306 e. The predicted octanol–water partition coefficient (Wildman–Crippen LogP) is 12.6. The predicted molar refractivity (Wildman–Crippen MR) is 265 cm³/mol. The Morgan fingerprint density at radius 1 is 0.516 bits per heavy atom. The lowest BCUT2D eigenvalue weighted by molar-refractivity contribution is -0.305. The molecular weight excluding hydrogens is 805 g/mol. The van der Waals surface area contributed by atoms with E-state index in [1.54, 1.807) is 0 Å². The fourth-order valence-electron chi connectivity index (χ4n) is 7.31. The van der Waals surface area contributed by atoms with E-state index in [2.05, 4.69) is 98.9 Å². The molecule has 4 N–H and O–H groups in total. The van der Waals surface area contributed by atoms with Crippen molar-refractivity contribution in [1.29, 1.82) is 0 Å². The first-order valence-corrected chi connectivity index (χ1v) is 25.7. The SMILES string of the molecule is CC/C=C\C/C=C\C/C=C\C/C=C\CCCCCCCCCCC(=O)OC(COCCCCCCCCC/C=C\C/C=C\C/C=C\CCCCC)COC1OC(CO)C(O)C(O)C1O. The highest BCUT2D eigenvalue weighted by Crippen LogP contribution is 2.22. The molecule has 0 aromatic rings. The Morgan fingerprint density at radius 2 is 0.953 bits per heavy atom. The van der Waals surface area contributed by atoms with Crippen molar-refractivity contribution in [2.45, 2.75) is 230 Å². The number of esters is 1. The van der Waals surface area contributed by atoms with Gasteiger partial charge in [-0.1, -0.05) is 182 Å². The lowest BCUT2D eigenvalue weighted by atomic mass is 9.99. The van der Waals surface area contributed by atoms with Gasteiger partial charge < -0.3 is 39.4 Å². The molecule has 1 heterocycles. The Morgan fingerprint density at radius 3 is 1.44 bits per heavy atom. The highest BCUT2D eigenvalue weighted by Gasteiger charge is 2.44. The second-order valence-corrected chi connectivity index (χ2v) is 17.2. The monoisotopic (exact) mass is 899 g/mol. The quantitative estimate of drug-likeness (QED) is 0.0268. The third-order valence-electron chi connectivity index (χ3n) is 11.3. The molecule has 1 aliphatic heterocycles. The molecule has 1 fully saturated rings.